The Morgan fingerprint density at radius 3 is 2.47 bits per heavy atom. The highest BCUT2D eigenvalue weighted by Crippen LogP contribution is 2.41. The zero-order chi connectivity index (χ0) is 25.7. The van der Waals surface area contributed by atoms with Gasteiger partial charge in [-0.1, -0.05) is 55.1 Å². The number of rotatable bonds is 9. The van der Waals surface area contributed by atoms with Crippen molar-refractivity contribution in [3.05, 3.63) is 99.3 Å². The fourth-order valence-corrected chi connectivity index (χ4v) is 4.45. The number of aliphatic hydroxyl groups is 1. The Morgan fingerprint density at radius 2 is 1.81 bits per heavy atom. The van der Waals surface area contributed by atoms with Gasteiger partial charge >= 0.3 is 0 Å². The Hall–Kier alpha value is -3.35. The van der Waals surface area contributed by atoms with Crippen LogP contribution < -0.4 is 4.74 Å². The van der Waals surface area contributed by atoms with E-state index in [4.69, 9.17) is 27.9 Å². The van der Waals surface area contributed by atoms with Crippen LogP contribution in [0.25, 0.3) is 5.76 Å². The maximum absolute atomic E-state index is 13.2. The van der Waals surface area contributed by atoms with E-state index in [1.165, 1.54) is 4.90 Å². The van der Waals surface area contributed by atoms with Crippen LogP contribution in [-0.2, 0) is 16.1 Å². The average Bonchev–Trinajstić information content (AvgIpc) is 3.14. The van der Waals surface area contributed by atoms with Crippen molar-refractivity contribution < 1.29 is 19.4 Å². The van der Waals surface area contributed by atoms with Gasteiger partial charge in [0.15, 0.2) is 0 Å². The van der Waals surface area contributed by atoms with Crippen LogP contribution >= 0.6 is 23.2 Å². The second kappa shape index (κ2) is 11.6. The van der Waals surface area contributed by atoms with Crippen LogP contribution in [-0.4, -0.2) is 33.3 Å². The smallest absolute Gasteiger partial charge is 0.296 e. The Kier molecular flexibility index (Phi) is 8.28. The number of halogens is 2. The van der Waals surface area contributed by atoms with Crippen LogP contribution in [0, 0.1) is 0 Å². The number of likely N-dealkylation sites (tertiary alicyclic amines) is 1. The van der Waals surface area contributed by atoms with Crippen LogP contribution in [0.4, 0.5) is 0 Å². The Balaban J connectivity index is 1.72. The fraction of sp³-hybridized carbons (Fsp3) is 0.250. The number of hydrogen-bond donors (Lipinski definition) is 1. The van der Waals surface area contributed by atoms with Crippen molar-refractivity contribution in [1.29, 1.82) is 0 Å². The molecule has 186 valence electrons. The summed E-state index contributed by atoms with van der Waals surface area (Å²) in [5.74, 6) is -1.11. The van der Waals surface area contributed by atoms with Crippen LogP contribution in [0.3, 0.4) is 0 Å². The zero-order valence-electron chi connectivity index (χ0n) is 19.8. The van der Waals surface area contributed by atoms with E-state index in [1.807, 2.05) is 0 Å². The van der Waals surface area contributed by atoms with Gasteiger partial charge in [-0.2, -0.15) is 0 Å². The molecule has 1 unspecified atom stereocenters. The Morgan fingerprint density at radius 1 is 1.03 bits per heavy atom. The molecule has 1 N–H and O–H groups in total. The summed E-state index contributed by atoms with van der Waals surface area (Å²) in [5.41, 5.74) is 1.54. The van der Waals surface area contributed by atoms with Crippen molar-refractivity contribution in [2.75, 3.05) is 6.61 Å². The van der Waals surface area contributed by atoms with Crippen molar-refractivity contribution >= 4 is 40.7 Å². The van der Waals surface area contributed by atoms with Gasteiger partial charge in [0.1, 0.15) is 11.5 Å². The van der Waals surface area contributed by atoms with Gasteiger partial charge in [0, 0.05) is 11.8 Å². The van der Waals surface area contributed by atoms with Crippen LogP contribution in [0.15, 0.2) is 72.4 Å². The predicted molar refractivity (Wildman–Crippen MR) is 140 cm³/mol. The molecule has 2 aromatic carbocycles. The topological polar surface area (TPSA) is 79.7 Å². The molecule has 1 aliphatic rings. The monoisotopic (exact) mass is 524 g/mol. The number of Topliss-reactive ketones (excluding diaryl/α,β-unsaturated/α-hetero) is 1. The lowest BCUT2D eigenvalue weighted by molar-refractivity contribution is -0.140. The van der Waals surface area contributed by atoms with E-state index in [0.717, 1.165) is 19.3 Å². The summed E-state index contributed by atoms with van der Waals surface area (Å²) in [6.45, 7) is 2.82. The largest absolute Gasteiger partial charge is 0.507 e. The molecule has 36 heavy (non-hydrogen) atoms. The summed E-state index contributed by atoms with van der Waals surface area (Å²) < 4.78 is 5.74. The number of amides is 1. The Bertz CT molecular complexity index is 1280. The molecule has 1 saturated heterocycles. The van der Waals surface area contributed by atoms with E-state index in [9.17, 15) is 14.7 Å². The van der Waals surface area contributed by atoms with E-state index in [2.05, 4.69) is 11.9 Å². The lowest BCUT2D eigenvalue weighted by Crippen LogP contribution is -2.29. The number of unbranched alkanes of at least 4 members (excludes halogenated alkanes) is 2. The number of benzene rings is 2. The molecule has 0 bridgehead atoms. The maximum atomic E-state index is 13.2. The fourth-order valence-electron chi connectivity index (χ4n) is 4.14. The molecule has 1 fully saturated rings. The van der Waals surface area contributed by atoms with Gasteiger partial charge in [-0.3, -0.25) is 14.6 Å². The number of carbonyl (C=O) groups excluding carboxylic acids is 2. The molecule has 4 rings (SSSR count). The minimum atomic E-state index is -0.869. The van der Waals surface area contributed by atoms with Gasteiger partial charge in [-0.05, 0) is 60.5 Å². The summed E-state index contributed by atoms with van der Waals surface area (Å²) >= 11 is 12.4. The summed E-state index contributed by atoms with van der Waals surface area (Å²) in [5, 5.41) is 11.9. The molecule has 6 nitrogen and oxygen atoms in total. The second-order valence-corrected chi connectivity index (χ2v) is 9.32. The molecular weight excluding hydrogens is 499 g/mol. The molecule has 3 aromatic rings. The first-order valence-electron chi connectivity index (χ1n) is 11.8. The SMILES string of the molecule is CCCCCOc1ccc(/C(O)=C2/C(=O)C(=O)N(Cc3ccccn3)C2c2ccc(Cl)c(Cl)c2)cc1. The number of aliphatic hydroxyl groups excluding tert-OH is 1. The standard InChI is InChI=1S/C28H26Cl2N2O4/c1-2-3-6-15-36-21-11-8-18(9-12-21)26(33)24-25(19-10-13-22(29)23(30)16-19)32(28(35)27(24)34)17-20-7-4-5-14-31-20/h4-5,7-14,16,25,33H,2-3,6,15,17H2,1H3/b26-24-. The van der Waals surface area contributed by atoms with Gasteiger partial charge in [-0.25, -0.2) is 0 Å². The number of nitrogens with zero attached hydrogens (tertiary/aromatic N) is 2. The van der Waals surface area contributed by atoms with Crippen molar-refractivity contribution in [1.82, 2.24) is 9.88 Å². The van der Waals surface area contributed by atoms with Crippen LogP contribution in [0.2, 0.25) is 10.0 Å². The highest BCUT2D eigenvalue weighted by atomic mass is 35.5. The highest BCUT2D eigenvalue weighted by Gasteiger charge is 2.46. The maximum Gasteiger partial charge on any atom is 0.296 e. The molecule has 2 heterocycles. The number of pyridine rings is 1. The third-order valence-electron chi connectivity index (χ3n) is 6.00. The number of ketones is 1. The summed E-state index contributed by atoms with van der Waals surface area (Å²) in [6, 6.07) is 16.2. The number of hydrogen-bond acceptors (Lipinski definition) is 5. The molecule has 1 atom stereocenters. The minimum absolute atomic E-state index is 0.0223. The summed E-state index contributed by atoms with van der Waals surface area (Å²) in [6.07, 6.45) is 4.77. The number of aromatic nitrogens is 1. The van der Waals surface area contributed by atoms with E-state index in [0.29, 0.717) is 34.2 Å². The number of ether oxygens (including phenoxy) is 1. The van der Waals surface area contributed by atoms with E-state index >= 15 is 0 Å². The van der Waals surface area contributed by atoms with E-state index in [1.54, 1.807) is 66.9 Å². The summed E-state index contributed by atoms with van der Waals surface area (Å²) in [7, 11) is 0. The molecular formula is C28H26Cl2N2O4. The van der Waals surface area contributed by atoms with E-state index in [-0.39, 0.29) is 22.9 Å². The molecule has 1 aliphatic heterocycles. The first kappa shape index (κ1) is 25.7. The zero-order valence-corrected chi connectivity index (χ0v) is 21.3. The van der Waals surface area contributed by atoms with Gasteiger partial charge in [0.2, 0.25) is 0 Å². The van der Waals surface area contributed by atoms with E-state index < -0.39 is 17.7 Å². The lowest BCUT2D eigenvalue weighted by atomic mass is 9.95. The minimum Gasteiger partial charge on any atom is -0.507 e. The first-order valence-corrected chi connectivity index (χ1v) is 12.5. The molecule has 0 saturated carbocycles. The first-order chi connectivity index (χ1) is 17.4. The Labute approximate surface area is 220 Å². The number of carbonyl (C=O) groups is 2. The van der Waals surface area contributed by atoms with Gasteiger partial charge in [0.05, 0.1) is 40.5 Å². The third-order valence-corrected chi connectivity index (χ3v) is 6.74. The normalized spacial score (nSPS) is 17.0. The predicted octanol–water partition coefficient (Wildman–Crippen LogP) is 6.58. The van der Waals surface area contributed by atoms with Crippen molar-refractivity contribution in [2.45, 2.75) is 38.8 Å². The van der Waals surface area contributed by atoms with Crippen molar-refractivity contribution in [3.63, 3.8) is 0 Å². The molecule has 8 heteroatoms. The average molecular weight is 525 g/mol. The molecule has 0 spiro atoms. The molecule has 0 aliphatic carbocycles. The van der Waals surface area contributed by atoms with Gasteiger partial charge < -0.3 is 14.7 Å². The van der Waals surface area contributed by atoms with Crippen molar-refractivity contribution in [3.8, 4) is 5.75 Å². The van der Waals surface area contributed by atoms with Crippen LogP contribution in [0.1, 0.15) is 49.0 Å². The quantitative estimate of drug-likeness (QED) is 0.148. The van der Waals surface area contributed by atoms with Gasteiger partial charge in [0.25, 0.3) is 11.7 Å². The molecule has 1 aromatic heterocycles. The van der Waals surface area contributed by atoms with Crippen LogP contribution in [0.5, 0.6) is 5.75 Å². The third kappa shape index (κ3) is 5.55. The highest BCUT2D eigenvalue weighted by molar-refractivity contribution is 6.46. The molecule has 0 radical (unpaired) electrons. The second-order valence-electron chi connectivity index (χ2n) is 8.50. The lowest BCUT2D eigenvalue weighted by Gasteiger charge is -2.25. The summed E-state index contributed by atoms with van der Waals surface area (Å²) in [4.78, 5) is 32.0. The molecule has 1 amide bonds. The van der Waals surface area contributed by atoms with Gasteiger partial charge in [-0.15, -0.1) is 0 Å². The van der Waals surface area contributed by atoms with Crippen molar-refractivity contribution in [2.24, 2.45) is 0 Å².